The molecule has 0 saturated heterocycles. The molecule has 1 aromatic heterocycles. The van der Waals surface area contributed by atoms with Crippen LogP contribution in [-0.4, -0.2) is 47.3 Å². The van der Waals surface area contributed by atoms with Crippen molar-refractivity contribution in [2.75, 3.05) is 26.4 Å². The average Bonchev–Trinajstić information content (AvgIpc) is 2.97. The van der Waals surface area contributed by atoms with Crippen molar-refractivity contribution in [3.63, 3.8) is 0 Å². The summed E-state index contributed by atoms with van der Waals surface area (Å²) < 4.78 is 5.92. The van der Waals surface area contributed by atoms with Gasteiger partial charge in [0.25, 0.3) is 0 Å². The van der Waals surface area contributed by atoms with E-state index in [1.807, 2.05) is 54.7 Å². The summed E-state index contributed by atoms with van der Waals surface area (Å²) in [7, 11) is 1.94. The second-order valence-electron chi connectivity index (χ2n) is 9.41. The second-order valence-corrected chi connectivity index (χ2v) is 10.3. The van der Waals surface area contributed by atoms with Crippen LogP contribution in [-0.2, 0) is 0 Å². The zero-order chi connectivity index (χ0) is 27.9. The van der Waals surface area contributed by atoms with Gasteiger partial charge in [0.1, 0.15) is 17.3 Å². The maximum Gasteiger partial charge on any atom is 0.150 e. The minimum Gasteiger partial charge on any atom is -0.457 e. The first-order valence-electron chi connectivity index (χ1n) is 13.1. The summed E-state index contributed by atoms with van der Waals surface area (Å²) in [6.07, 6.45) is 6.65. The number of rotatable bonds is 7. The first kappa shape index (κ1) is 27.2. The zero-order valence-electron chi connectivity index (χ0n) is 22.8. The van der Waals surface area contributed by atoms with Crippen molar-refractivity contribution in [3.8, 4) is 17.6 Å². The van der Waals surface area contributed by atoms with Crippen LogP contribution < -0.4 is 15.5 Å². The highest BCUT2D eigenvalue weighted by Gasteiger charge is 2.30. The van der Waals surface area contributed by atoms with Crippen molar-refractivity contribution in [1.82, 2.24) is 20.7 Å². The molecule has 2 aliphatic rings. The number of nitrogens with zero attached hydrogens (tertiary/aromatic N) is 5. The van der Waals surface area contributed by atoms with Crippen LogP contribution in [0.25, 0.3) is 5.70 Å². The molecular formula is C31H31N7OS. The lowest BCUT2D eigenvalue weighted by atomic mass is 10.00. The summed E-state index contributed by atoms with van der Waals surface area (Å²) in [4.78, 5) is 14.1. The Hall–Kier alpha value is -4.39. The number of nitrogens with one attached hydrogen (secondary N) is 2. The van der Waals surface area contributed by atoms with E-state index in [1.54, 1.807) is 24.2 Å². The fourth-order valence-corrected chi connectivity index (χ4v) is 5.05. The number of amidine groups is 1. The van der Waals surface area contributed by atoms with Gasteiger partial charge in [-0.2, -0.15) is 5.26 Å². The molecule has 5 rings (SSSR count). The van der Waals surface area contributed by atoms with Crippen LogP contribution in [0.1, 0.15) is 24.0 Å². The largest absolute Gasteiger partial charge is 0.457 e. The number of ether oxygens (including phenoxy) is 1. The number of hydrogen-bond donors (Lipinski definition) is 2. The van der Waals surface area contributed by atoms with E-state index >= 15 is 0 Å². The Balaban J connectivity index is 1.57. The third-order valence-electron chi connectivity index (χ3n) is 6.61. The third kappa shape index (κ3) is 6.25. The van der Waals surface area contributed by atoms with Gasteiger partial charge >= 0.3 is 0 Å². The van der Waals surface area contributed by atoms with Gasteiger partial charge in [-0.25, -0.2) is 9.98 Å². The number of nitriles is 1. The number of pyridine rings is 1. The Labute approximate surface area is 239 Å². The van der Waals surface area contributed by atoms with Gasteiger partial charge in [-0.1, -0.05) is 29.8 Å². The molecular weight excluding hydrogens is 518 g/mol. The maximum atomic E-state index is 10.2. The first-order valence-corrected chi connectivity index (χ1v) is 14.3. The highest BCUT2D eigenvalue weighted by molar-refractivity contribution is 8.13. The molecule has 0 fully saturated rings. The molecule has 0 radical (unpaired) electrons. The molecule has 0 saturated carbocycles. The predicted octanol–water partition coefficient (Wildman–Crippen LogP) is 6.00. The maximum absolute atomic E-state index is 10.2. The molecule has 2 aromatic carbocycles. The Morgan fingerprint density at radius 2 is 1.80 bits per heavy atom. The Morgan fingerprint density at radius 1 is 1.07 bits per heavy atom. The van der Waals surface area contributed by atoms with Crippen molar-refractivity contribution in [1.29, 1.82) is 5.26 Å². The number of aromatic nitrogens is 1. The summed E-state index contributed by atoms with van der Waals surface area (Å²) in [5, 5.41) is 16.4. The van der Waals surface area contributed by atoms with Crippen LogP contribution in [0.3, 0.4) is 0 Å². The molecule has 0 atom stereocenters. The number of aliphatic imine (C=N–C) groups is 2. The minimum absolute atomic E-state index is 0.479. The average molecular weight is 550 g/mol. The molecule has 40 heavy (non-hydrogen) atoms. The van der Waals surface area contributed by atoms with Crippen LogP contribution in [0.2, 0.25) is 0 Å². The summed E-state index contributed by atoms with van der Waals surface area (Å²) in [5.41, 5.74) is 10.00. The topological polar surface area (TPSA) is 97.9 Å². The van der Waals surface area contributed by atoms with Crippen molar-refractivity contribution in [2.45, 2.75) is 19.8 Å². The van der Waals surface area contributed by atoms with E-state index in [4.69, 9.17) is 14.7 Å². The molecule has 9 heteroatoms. The lowest BCUT2D eigenvalue weighted by molar-refractivity contribution is 0.368. The summed E-state index contributed by atoms with van der Waals surface area (Å²) >= 11 is 1.58. The molecule has 0 unspecified atom stereocenters. The van der Waals surface area contributed by atoms with Gasteiger partial charge in [0.2, 0.25) is 0 Å². The number of hydrazine groups is 1. The third-order valence-corrected chi connectivity index (χ3v) is 7.32. The van der Waals surface area contributed by atoms with Gasteiger partial charge in [0.05, 0.1) is 40.3 Å². The van der Waals surface area contributed by atoms with Crippen LogP contribution >= 0.6 is 11.8 Å². The number of thioether (sulfide) groups is 1. The van der Waals surface area contributed by atoms with Gasteiger partial charge in [0.15, 0.2) is 0 Å². The van der Waals surface area contributed by atoms with E-state index in [0.29, 0.717) is 30.1 Å². The molecule has 0 spiro atoms. The Kier molecular flexibility index (Phi) is 8.59. The monoisotopic (exact) mass is 549 g/mol. The Bertz CT molecular complexity index is 1520. The normalized spacial score (nSPS) is 18.0. The molecule has 8 nitrogen and oxygen atoms in total. The SMILES string of the molecule is CNCCC1=C2CN(NC1=Nc1ccc(Oc3ccncc3)cc1)/C(c1ccc(C)cc1)=C(/C#N)CC(SC)=N2. The molecule has 3 aromatic rings. The van der Waals surface area contributed by atoms with E-state index < -0.39 is 0 Å². The van der Waals surface area contributed by atoms with Crippen LogP contribution in [0.5, 0.6) is 11.5 Å². The standard InChI is InChI=1S/C31H31N7OS/c1-21-4-6-22(7-5-21)30-23(19-32)18-29(40-3)36-28-20-38(30)37-31(27(28)14-15-33-2)35-24-8-10-25(11-9-24)39-26-12-16-34-17-13-26/h4-13,16-17,33H,14-15,18,20H2,1-3H3,(H,35,37)/b30-23+,36-29?. The van der Waals surface area contributed by atoms with Crippen LogP contribution in [0, 0.1) is 18.3 Å². The zero-order valence-corrected chi connectivity index (χ0v) is 23.6. The van der Waals surface area contributed by atoms with Crippen molar-refractivity contribution in [2.24, 2.45) is 9.98 Å². The lowest BCUT2D eigenvalue weighted by Crippen LogP contribution is -2.48. The van der Waals surface area contributed by atoms with Crippen molar-refractivity contribution < 1.29 is 4.74 Å². The quantitative estimate of drug-likeness (QED) is 0.373. The molecule has 202 valence electrons. The molecule has 3 heterocycles. The highest BCUT2D eigenvalue weighted by atomic mass is 32.2. The van der Waals surface area contributed by atoms with Gasteiger partial charge in [-0.05, 0) is 69.6 Å². The molecule has 2 bridgehead atoms. The number of aryl methyl sites for hydroxylation is 1. The van der Waals surface area contributed by atoms with E-state index in [0.717, 1.165) is 52.0 Å². The van der Waals surface area contributed by atoms with E-state index in [-0.39, 0.29) is 0 Å². The Morgan fingerprint density at radius 3 is 2.48 bits per heavy atom. The summed E-state index contributed by atoms with van der Waals surface area (Å²) in [6.45, 7) is 3.37. The summed E-state index contributed by atoms with van der Waals surface area (Å²) in [6, 6.07) is 22.0. The highest BCUT2D eigenvalue weighted by Crippen LogP contribution is 2.33. The van der Waals surface area contributed by atoms with Gasteiger partial charge in [0, 0.05) is 30.0 Å². The molecule has 2 N–H and O–H groups in total. The van der Waals surface area contributed by atoms with E-state index in [9.17, 15) is 5.26 Å². The fraction of sp³-hybridized carbons (Fsp3) is 0.226. The lowest BCUT2D eigenvalue weighted by Gasteiger charge is -2.37. The first-order chi connectivity index (χ1) is 19.6. The van der Waals surface area contributed by atoms with Gasteiger partial charge in [-0.15, -0.1) is 11.8 Å². The van der Waals surface area contributed by atoms with Gasteiger partial charge < -0.3 is 10.1 Å². The number of fused-ring (bicyclic) bond motifs is 2. The molecule has 0 amide bonds. The smallest absolute Gasteiger partial charge is 0.150 e. The van der Waals surface area contributed by atoms with E-state index in [1.165, 1.54) is 5.56 Å². The van der Waals surface area contributed by atoms with Gasteiger partial charge in [-0.3, -0.25) is 15.4 Å². The van der Waals surface area contributed by atoms with Crippen molar-refractivity contribution in [3.05, 3.63) is 101 Å². The van der Waals surface area contributed by atoms with Crippen molar-refractivity contribution >= 4 is 34.0 Å². The number of benzene rings is 2. The molecule has 2 aliphatic heterocycles. The molecule has 0 aliphatic carbocycles. The van der Waals surface area contributed by atoms with Crippen LogP contribution in [0.15, 0.2) is 99.9 Å². The summed E-state index contributed by atoms with van der Waals surface area (Å²) in [5.74, 6) is 2.15. The number of hydrogen-bond acceptors (Lipinski definition) is 8. The fourth-order valence-electron chi connectivity index (χ4n) is 4.56. The van der Waals surface area contributed by atoms with Crippen LogP contribution in [0.4, 0.5) is 5.69 Å². The van der Waals surface area contributed by atoms with E-state index in [2.05, 4.69) is 53.0 Å². The minimum atomic E-state index is 0.479. The predicted molar refractivity (Wildman–Crippen MR) is 163 cm³/mol. The number of allylic oxidation sites excluding steroid dienone is 1. The second kappa shape index (κ2) is 12.6.